The van der Waals surface area contributed by atoms with Gasteiger partial charge in [-0.1, -0.05) is 35.3 Å². The molecule has 1 fully saturated rings. The minimum atomic E-state index is -3.01. The lowest BCUT2D eigenvalue weighted by Crippen LogP contribution is -2.51. The zero-order chi connectivity index (χ0) is 27.4. The Morgan fingerprint density at radius 2 is 2.13 bits per heavy atom. The van der Waals surface area contributed by atoms with Crippen molar-refractivity contribution >= 4 is 46.5 Å². The minimum Gasteiger partial charge on any atom is -0.435 e. The number of halogens is 4. The number of benzene rings is 2. The van der Waals surface area contributed by atoms with Crippen molar-refractivity contribution in [1.29, 1.82) is 5.26 Å². The fraction of sp³-hybridized carbons (Fsp3) is 0.333. The number of nitriles is 1. The molecule has 2 heterocycles. The van der Waals surface area contributed by atoms with E-state index in [0.29, 0.717) is 27.9 Å². The van der Waals surface area contributed by atoms with E-state index in [9.17, 15) is 23.9 Å². The van der Waals surface area contributed by atoms with Crippen LogP contribution in [-0.4, -0.2) is 77.5 Å². The molecule has 200 valence electrons. The smallest absolute Gasteiger partial charge is 0.387 e. The number of nitrogens with zero attached hydrogens (tertiary/aromatic N) is 5. The Hall–Kier alpha value is -3.50. The van der Waals surface area contributed by atoms with Gasteiger partial charge in [0.1, 0.15) is 5.75 Å². The zero-order valence-corrected chi connectivity index (χ0v) is 21.5. The molecule has 10 nitrogen and oxygen atoms in total. The summed E-state index contributed by atoms with van der Waals surface area (Å²) in [4.78, 5) is 19.1. The summed E-state index contributed by atoms with van der Waals surface area (Å²) in [5.41, 5.74) is 1.28. The quantitative estimate of drug-likeness (QED) is 0.213. The third-order valence-corrected chi connectivity index (χ3v) is 6.76. The number of alkyl halides is 2. The van der Waals surface area contributed by atoms with Gasteiger partial charge in [-0.15, -0.1) is 0 Å². The third kappa shape index (κ3) is 6.31. The van der Waals surface area contributed by atoms with Crippen molar-refractivity contribution in [3.63, 3.8) is 0 Å². The molecule has 2 aliphatic heterocycles. The summed E-state index contributed by atoms with van der Waals surface area (Å²) in [5, 5.41) is 31.4. The number of hydrazone groups is 1. The van der Waals surface area contributed by atoms with E-state index < -0.39 is 24.8 Å². The number of hydrogen-bond donors (Lipinski definition) is 3. The maximum absolute atomic E-state index is 13.3. The van der Waals surface area contributed by atoms with Crippen molar-refractivity contribution in [2.75, 3.05) is 20.1 Å². The lowest BCUT2D eigenvalue weighted by molar-refractivity contribution is -0.132. The maximum atomic E-state index is 13.3. The van der Waals surface area contributed by atoms with Gasteiger partial charge in [0, 0.05) is 25.2 Å². The van der Waals surface area contributed by atoms with Gasteiger partial charge >= 0.3 is 6.61 Å². The number of aliphatic hydroxyl groups is 1. The minimum absolute atomic E-state index is 0.00276. The van der Waals surface area contributed by atoms with Gasteiger partial charge in [-0.05, 0) is 30.7 Å². The van der Waals surface area contributed by atoms with Crippen LogP contribution in [0.5, 0.6) is 5.75 Å². The first-order chi connectivity index (χ1) is 18.2. The second-order valence-corrected chi connectivity index (χ2v) is 9.37. The van der Waals surface area contributed by atoms with Crippen LogP contribution in [0.1, 0.15) is 12.0 Å². The maximum Gasteiger partial charge on any atom is 0.387 e. The Labute approximate surface area is 227 Å². The Morgan fingerprint density at radius 3 is 2.79 bits per heavy atom. The van der Waals surface area contributed by atoms with Crippen LogP contribution in [0.15, 0.2) is 52.6 Å². The lowest BCUT2D eigenvalue weighted by Gasteiger charge is -2.28. The van der Waals surface area contributed by atoms with Gasteiger partial charge in [-0.2, -0.15) is 19.1 Å². The predicted molar refractivity (Wildman–Crippen MR) is 138 cm³/mol. The summed E-state index contributed by atoms with van der Waals surface area (Å²) in [6.45, 7) is -2.59. The molecule has 0 aliphatic carbocycles. The first-order valence-electron chi connectivity index (χ1n) is 11.4. The van der Waals surface area contributed by atoms with E-state index in [0.717, 1.165) is 0 Å². The molecule has 38 heavy (non-hydrogen) atoms. The van der Waals surface area contributed by atoms with Gasteiger partial charge in [0.05, 0.1) is 46.2 Å². The molecule has 1 amide bonds. The molecule has 0 radical (unpaired) electrons. The fourth-order valence-corrected chi connectivity index (χ4v) is 4.49. The Bertz CT molecular complexity index is 1300. The Morgan fingerprint density at radius 1 is 1.34 bits per heavy atom. The van der Waals surface area contributed by atoms with E-state index in [1.165, 1.54) is 28.1 Å². The molecular weight excluding hydrogens is 543 g/mol. The molecule has 14 heteroatoms. The predicted octanol–water partition coefficient (Wildman–Crippen LogP) is 2.92. The van der Waals surface area contributed by atoms with Crippen LogP contribution in [0.4, 0.5) is 14.5 Å². The number of aliphatic hydroxyl groups excluding tert-OH is 1. The highest BCUT2D eigenvalue weighted by molar-refractivity contribution is 6.42. The van der Waals surface area contributed by atoms with Crippen LogP contribution in [0.2, 0.25) is 10.0 Å². The largest absolute Gasteiger partial charge is 0.435 e. The highest BCUT2D eigenvalue weighted by Crippen LogP contribution is 2.28. The topological polar surface area (TPSA) is 126 Å². The van der Waals surface area contributed by atoms with E-state index in [-0.39, 0.29) is 36.3 Å². The Kier molecular flexibility index (Phi) is 8.63. The summed E-state index contributed by atoms with van der Waals surface area (Å²) in [7, 11) is 1.62. The van der Waals surface area contributed by atoms with Gasteiger partial charge in [0.15, 0.2) is 6.19 Å². The third-order valence-electron chi connectivity index (χ3n) is 6.02. The number of amides is 1. The molecule has 0 saturated carbocycles. The second kappa shape index (κ2) is 11.9. The molecule has 3 atom stereocenters. The van der Waals surface area contributed by atoms with Crippen molar-refractivity contribution in [1.82, 2.24) is 20.5 Å². The molecule has 1 saturated heterocycles. The van der Waals surface area contributed by atoms with Crippen LogP contribution < -0.4 is 15.4 Å². The summed E-state index contributed by atoms with van der Waals surface area (Å²) >= 11 is 12.3. The second-order valence-electron chi connectivity index (χ2n) is 8.56. The molecule has 0 bridgehead atoms. The summed E-state index contributed by atoms with van der Waals surface area (Å²) in [5.74, 6) is -0.352. The molecule has 2 aromatic rings. The van der Waals surface area contributed by atoms with Gasteiger partial charge < -0.3 is 20.1 Å². The highest BCUT2D eigenvalue weighted by atomic mass is 35.5. The Balaban J connectivity index is 1.69. The van der Waals surface area contributed by atoms with Gasteiger partial charge in [0.2, 0.25) is 11.9 Å². The van der Waals surface area contributed by atoms with Crippen LogP contribution >= 0.6 is 23.2 Å². The molecule has 0 spiro atoms. The first kappa shape index (κ1) is 27.5. The molecule has 4 rings (SSSR count). The number of likely N-dealkylation sites (N-methyl/N-ethyl adjacent to an activating group) is 1. The lowest BCUT2D eigenvalue weighted by atomic mass is 10.0. The number of carbonyl (C=O) groups excluding carboxylic acids is 1. The average Bonchev–Trinajstić information content (AvgIpc) is 3.51. The zero-order valence-electron chi connectivity index (χ0n) is 20.0. The van der Waals surface area contributed by atoms with Gasteiger partial charge in [-0.3, -0.25) is 10.1 Å². The highest BCUT2D eigenvalue weighted by Gasteiger charge is 2.39. The summed E-state index contributed by atoms with van der Waals surface area (Å²) in [6.07, 6.45) is 1.45. The van der Waals surface area contributed by atoms with E-state index >= 15 is 0 Å². The number of aliphatic imine (C=N–C) groups is 1. The van der Waals surface area contributed by atoms with Crippen LogP contribution in [-0.2, 0) is 4.79 Å². The molecular formula is C24H23Cl2F2N7O3. The summed E-state index contributed by atoms with van der Waals surface area (Å²) < 4.78 is 29.7. The van der Waals surface area contributed by atoms with E-state index in [4.69, 9.17) is 23.2 Å². The molecule has 2 aromatic carbocycles. The van der Waals surface area contributed by atoms with Crippen LogP contribution in [0.3, 0.4) is 0 Å². The van der Waals surface area contributed by atoms with Crippen molar-refractivity contribution in [2.24, 2.45) is 10.1 Å². The number of hydrogen-bond acceptors (Lipinski definition) is 7. The van der Waals surface area contributed by atoms with Crippen molar-refractivity contribution < 1.29 is 23.4 Å². The van der Waals surface area contributed by atoms with Crippen LogP contribution in [0, 0.1) is 11.5 Å². The average molecular weight is 566 g/mol. The summed E-state index contributed by atoms with van der Waals surface area (Å²) in [6, 6.07) is 9.43. The monoisotopic (exact) mass is 565 g/mol. The normalized spacial score (nSPS) is 21.3. The van der Waals surface area contributed by atoms with Gasteiger partial charge in [-0.25, -0.2) is 10.0 Å². The number of carbonyl (C=O) groups is 1. The van der Waals surface area contributed by atoms with Crippen molar-refractivity contribution in [2.45, 2.75) is 31.2 Å². The first-order valence-corrected chi connectivity index (χ1v) is 12.2. The SMILES string of the molecule is CN(C(=O)[C@H]1C[C@@H](O)CN1)C1CN(C(=Nc2cccc(OC(F)F)c2)NC#N)N=C1c1ccc(Cl)c(Cl)c1. The molecule has 1 unspecified atom stereocenters. The van der Waals surface area contributed by atoms with Crippen LogP contribution in [0.25, 0.3) is 0 Å². The van der Waals surface area contributed by atoms with Gasteiger partial charge in [0.25, 0.3) is 0 Å². The number of rotatable bonds is 6. The molecule has 3 N–H and O–H groups in total. The molecule has 2 aliphatic rings. The fourth-order valence-electron chi connectivity index (χ4n) is 4.19. The number of ether oxygens (including phenoxy) is 1. The number of β-amino-alcohol motifs (C(OH)–C–C–N with tert-alkyl or cyclic N) is 1. The van der Waals surface area contributed by atoms with E-state index in [1.807, 2.05) is 0 Å². The van der Waals surface area contributed by atoms with Crippen molar-refractivity contribution in [3.8, 4) is 11.9 Å². The van der Waals surface area contributed by atoms with E-state index in [1.54, 1.807) is 37.5 Å². The van der Waals surface area contributed by atoms with Crippen molar-refractivity contribution in [3.05, 3.63) is 58.1 Å². The van der Waals surface area contributed by atoms with E-state index in [2.05, 4.69) is 25.5 Å². The number of guanidine groups is 1. The number of nitrogens with one attached hydrogen (secondary N) is 2. The molecule has 0 aromatic heterocycles. The standard InChI is InChI=1S/C24H23Cl2F2N7O3/c1-34(22(37)19-9-15(36)10-30-19)20-11-35(33-21(20)13-5-6-17(25)18(26)7-13)24(31-12-29)32-14-3-2-4-16(8-14)38-23(27)28/h2-8,15,19-20,23,30,36H,9-11H2,1H3,(H,31,32)/t15-,19-,20?/m1/s1.